The fourth-order valence-corrected chi connectivity index (χ4v) is 3.79. The first kappa shape index (κ1) is 18.8. The summed E-state index contributed by atoms with van der Waals surface area (Å²) in [7, 11) is 1.56. The Morgan fingerprint density at radius 3 is 2.79 bits per heavy atom. The Bertz CT molecular complexity index is 1020. The number of halogens is 2. The molecule has 2 aromatic heterocycles. The van der Waals surface area contributed by atoms with E-state index in [0.717, 1.165) is 30.5 Å². The fourth-order valence-electron chi connectivity index (χ4n) is 3.26. The molecule has 1 aliphatic carbocycles. The van der Waals surface area contributed by atoms with Crippen LogP contribution in [0.15, 0.2) is 40.9 Å². The Morgan fingerprint density at radius 1 is 1.25 bits per heavy atom. The monoisotopic (exact) mass is 417 g/mol. The maximum Gasteiger partial charge on any atom is 0.251 e. The van der Waals surface area contributed by atoms with Crippen molar-refractivity contribution in [2.24, 2.45) is 0 Å². The molecule has 1 unspecified atom stereocenters. The number of methoxy groups -OCH3 is 1. The van der Waals surface area contributed by atoms with Crippen LogP contribution in [0.5, 0.6) is 5.88 Å². The molecule has 0 fully saturated rings. The number of rotatable bonds is 4. The van der Waals surface area contributed by atoms with E-state index in [1.807, 2.05) is 0 Å². The second kappa shape index (κ2) is 7.81. The zero-order valence-corrected chi connectivity index (χ0v) is 16.5. The predicted molar refractivity (Wildman–Crippen MR) is 106 cm³/mol. The molecule has 6 nitrogen and oxygen atoms in total. The lowest BCUT2D eigenvalue weighted by molar-refractivity contribution is 0.0927. The minimum atomic E-state index is -0.265. The van der Waals surface area contributed by atoms with Crippen LogP contribution in [0.25, 0.3) is 11.5 Å². The number of hydrogen-bond acceptors (Lipinski definition) is 5. The topological polar surface area (TPSA) is 77.3 Å². The SMILES string of the molecule is COc1cc(-c2nc3c(o2)C(NC(=O)c2cc(Cl)cc(Cl)c2)CCC3)ccn1. The summed E-state index contributed by atoms with van der Waals surface area (Å²) in [6.45, 7) is 0. The Labute approximate surface area is 171 Å². The van der Waals surface area contributed by atoms with Crippen molar-refractivity contribution in [2.75, 3.05) is 7.11 Å². The minimum absolute atomic E-state index is 0.259. The molecule has 4 rings (SSSR count). The summed E-state index contributed by atoms with van der Waals surface area (Å²) in [6, 6.07) is 8.06. The summed E-state index contributed by atoms with van der Waals surface area (Å²) < 4.78 is 11.2. The van der Waals surface area contributed by atoms with Gasteiger partial charge in [0, 0.05) is 33.4 Å². The highest BCUT2D eigenvalue weighted by atomic mass is 35.5. The summed E-state index contributed by atoms with van der Waals surface area (Å²) in [5.74, 6) is 1.39. The number of fused-ring (bicyclic) bond motifs is 1. The van der Waals surface area contributed by atoms with Crippen molar-refractivity contribution in [2.45, 2.75) is 25.3 Å². The number of hydrogen-bond donors (Lipinski definition) is 1. The molecule has 0 spiro atoms. The van der Waals surface area contributed by atoms with Crippen molar-refractivity contribution in [3.05, 3.63) is 63.6 Å². The molecule has 1 amide bonds. The average Bonchev–Trinajstić information content (AvgIpc) is 3.13. The van der Waals surface area contributed by atoms with Gasteiger partial charge in [-0.1, -0.05) is 23.2 Å². The summed E-state index contributed by atoms with van der Waals surface area (Å²) in [5.41, 5.74) is 2.03. The molecule has 1 N–H and O–H groups in total. The molecule has 28 heavy (non-hydrogen) atoms. The van der Waals surface area contributed by atoms with Crippen molar-refractivity contribution in [3.63, 3.8) is 0 Å². The largest absolute Gasteiger partial charge is 0.481 e. The number of aromatic nitrogens is 2. The van der Waals surface area contributed by atoms with Crippen LogP contribution in [0, 0.1) is 0 Å². The molecule has 0 saturated carbocycles. The maximum absolute atomic E-state index is 12.7. The highest BCUT2D eigenvalue weighted by Gasteiger charge is 2.28. The Hall–Kier alpha value is -2.57. The van der Waals surface area contributed by atoms with Crippen LogP contribution in [0.4, 0.5) is 0 Å². The number of nitrogens with zero attached hydrogens (tertiary/aromatic N) is 2. The van der Waals surface area contributed by atoms with Gasteiger partial charge in [0.05, 0.1) is 18.8 Å². The standard InChI is InChI=1S/C20H17Cl2N3O3/c1-27-17-9-11(5-6-23-17)20-25-16-4-2-3-15(18(16)28-20)24-19(26)12-7-13(21)10-14(22)8-12/h5-10,15H,2-4H2,1H3,(H,24,26). The van der Waals surface area contributed by atoms with E-state index in [2.05, 4.69) is 15.3 Å². The van der Waals surface area contributed by atoms with Crippen LogP contribution in [0.1, 0.15) is 40.7 Å². The quantitative estimate of drug-likeness (QED) is 0.655. The van der Waals surface area contributed by atoms with E-state index in [1.165, 1.54) is 0 Å². The van der Waals surface area contributed by atoms with E-state index >= 15 is 0 Å². The summed E-state index contributed by atoms with van der Waals surface area (Å²) in [5, 5.41) is 3.83. The van der Waals surface area contributed by atoms with Gasteiger partial charge in [-0.25, -0.2) is 9.97 Å². The minimum Gasteiger partial charge on any atom is -0.481 e. The molecule has 1 aliphatic rings. The third kappa shape index (κ3) is 3.84. The Morgan fingerprint density at radius 2 is 2.04 bits per heavy atom. The number of carbonyl (C=O) groups excluding carboxylic acids is 1. The Kier molecular flexibility index (Phi) is 5.24. The average molecular weight is 418 g/mol. The zero-order chi connectivity index (χ0) is 19.7. The molecule has 2 heterocycles. The van der Waals surface area contributed by atoms with Crippen LogP contribution >= 0.6 is 23.2 Å². The van der Waals surface area contributed by atoms with Gasteiger partial charge in [0.15, 0.2) is 0 Å². The number of aryl methyl sites for hydroxylation is 1. The van der Waals surface area contributed by atoms with Gasteiger partial charge in [-0.2, -0.15) is 0 Å². The number of ether oxygens (including phenoxy) is 1. The lowest BCUT2D eigenvalue weighted by atomic mass is 9.96. The van der Waals surface area contributed by atoms with E-state index in [-0.39, 0.29) is 11.9 Å². The number of benzene rings is 1. The second-order valence-electron chi connectivity index (χ2n) is 6.49. The van der Waals surface area contributed by atoms with Gasteiger partial charge in [0.1, 0.15) is 5.76 Å². The van der Waals surface area contributed by atoms with E-state index in [4.69, 9.17) is 32.4 Å². The Balaban J connectivity index is 1.60. The van der Waals surface area contributed by atoms with E-state index in [9.17, 15) is 4.79 Å². The number of nitrogens with one attached hydrogen (secondary N) is 1. The van der Waals surface area contributed by atoms with Gasteiger partial charge in [0.25, 0.3) is 5.91 Å². The third-order valence-corrected chi connectivity index (χ3v) is 5.01. The lowest BCUT2D eigenvalue weighted by Crippen LogP contribution is -2.30. The molecular formula is C20H17Cl2N3O3. The van der Waals surface area contributed by atoms with Crippen molar-refractivity contribution >= 4 is 29.1 Å². The molecule has 0 radical (unpaired) electrons. The first-order chi connectivity index (χ1) is 13.5. The highest BCUT2D eigenvalue weighted by Crippen LogP contribution is 2.34. The first-order valence-corrected chi connectivity index (χ1v) is 9.56. The second-order valence-corrected chi connectivity index (χ2v) is 7.37. The smallest absolute Gasteiger partial charge is 0.251 e. The van der Waals surface area contributed by atoms with Gasteiger partial charge in [0.2, 0.25) is 11.8 Å². The van der Waals surface area contributed by atoms with Gasteiger partial charge < -0.3 is 14.5 Å². The van der Waals surface area contributed by atoms with Crippen molar-refractivity contribution in [1.29, 1.82) is 0 Å². The summed E-state index contributed by atoms with van der Waals surface area (Å²) >= 11 is 12.0. The molecule has 1 atom stereocenters. The number of carbonyl (C=O) groups is 1. The van der Waals surface area contributed by atoms with Gasteiger partial charge in [-0.3, -0.25) is 4.79 Å². The van der Waals surface area contributed by atoms with Crippen molar-refractivity contribution < 1.29 is 13.9 Å². The van der Waals surface area contributed by atoms with Crippen LogP contribution < -0.4 is 10.1 Å². The number of oxazole rings is 1. The van der Waals surface area contributed by atoms with Crippen molar-refractivity contribution in [1.82, 2.24) is 15.3 Å². The predicted octanol–water partition coefficient (Wildman–Crippen LogP) is 4.86. The van der Waals surface area contributed by atoms with Crippen LogP contribution in [0.2, 0.25) is 10.0 Å². The van der Waals surface area contributed by atoms with Gasteiger partial charge in [-0.05, 0) is 43.5 Å². The third-order valence-electron chi connectivity index (χ3n) is 4.57. The van der Waals surface area contributed by atoms with Crippen molar-refractivity contribution in [3.8, 4) is 17.3 Å². The fraction of sp³-hybridized carbons (Fsp3) is 0.250. The zero-order valence-electron chi connectivity index (χ0n) is 15.0. The van der Waals surface area contributed by atoms with Crippen LogP contribution in [-0.2, 0) is 6.42 Å². The van der Waals surface area contributed by atoms with Crippen LogP contribution in [0.3, 0.4) is 0 Å². The normalized spacial score (nSPS) is 15.8. The molecule has 1 aromatic carbocycles. The lowest BCUT2D eigenvalue weighted by Gasteiger charge is -2.21. The molecule has 0 saturated heterocycles. The summed E-state index contributed by atoms with van der Waals surface area (Å²) in [6.07, 6.45) is 4.11. The van der Waals surface area contributed by atoms with Gasteiger partial charge in [-0.15, -0.1) is 0 Å². The first-order valence-electron chi connectivity index (χ1n) is 8.80. The molecule has 3 aromatic rings. The molecular weight excluding hydrogens is 401 g/mol. The van der Waals surface area contributed by atoms with Gasteiger partial charge >= 0.3 is 0 Å². The maximum atomic E-state index is 12.7. The molecule has 0 bridgehead atoms. The van der Waals surface area contributed by atoms with E-state index in [1.54, 1.807) is 43.6 Å². The number of amides is 1. The molecule has 0 aliphatic heterocycles. The number of pyridine rings is 1. The van der Waals surface area contributed by atoms with E-state index < -0.39 is 0 Å². The van der Waals surface area contributed by atoms with Crippen LogP contribution in [-0.4, -0.2) is 23.0 Å². The highest BCUT2D eigenvalue weighted by molar-refractivity contribution is 6.35. The van der Waals surface area contributed by atoms with E-state index in [0.29, 0.717) is 33.1 Å². The summed E-state index contributed by atoms with van der Waals surface area (Å²) in [4.78, 5) is 21.4. The molecule has 144 valence electrons. The molecule has 8 heteroatoms.